The predicted molar refractivity (Wildman–Crippen MR) is 60.3 cm³/mol. The van der Waals surface area contributed by atoms with E-state index in [9.17, 15) is 20.1 Å². The van der Waals surface area contributed by atoms with Gasteiger partial charge in [0.05, 0.1) is 30.6 Å². The fraction of sp³-hybridized carbons (Fsp3) is 0.750. The van der Waals surface area contributed by atoms with Crippen molar-refractivity contribution in [2.75, 3.05) is 7.11 Å². The Morgan fingerprint density at radius 2 is 2.11 bits per heavy atom. The second kappa shape index (κ2) is 4.22. The highest BCUT2D eigenvalue weighted by molar-refractivity contribution is 5.89. The molecule has 0 bridgehead atoms. The van der Waals surface area contributed by atoms with Gasteiger partial charge in [0, 0.05) is 11.8 Å². The van der Waals surface area contributed by atoms with Gasteiger partial charge in [0.1, 0.15) is 12.2 Å². The van der Waals surface area contributed by atoms with Crippen molar-refractivity contribution in [3.05, 3.63) is 11.8 Å². The molecule has 0 aromatic rings. The number of fused-ring (bicyclic) bond motifs is 1. The molecule has 0 spiro atoms. The molecule has 1 heterocycles. The molecule has 2 aliphatic rings. The monoisotopic (exact) mass is 258 g/mol. The summed E-state index contributed by atoms with van der Waals surface area (Å²) in [6.45, 7) is 3.16. The first-order valence-corrected chi connectivity index (χ1v) is 5.84. The van der Waals surface area contributed by atoms with Crippen LogP contribution in [-0.2, 0) is 14.3 Å². The molecular weight excluding hydrogens is 240 g/mol. The highest BCUT2D eigenvalue weighted by atomic mass is 16.5. The summed E-state index contributed by atoms with van der Waals surface area (Å²) in [5.41, 5.74) is -1.37. The van der Waals surface area contributed by atoms with Gasteiger partial charge in [-0.1, -0.05) is 0 Å². The van der Waals surface area contributed by atoms with Gasteiger partial charge in [-0.05, 0) is 13.8 Å². The molecule has 6 nitrogen and oxygen atoms in total. The molecule has 18 heavy (non-hydrogen) atoms. The van der Waals surface area contributed by atoms with Crippen LogP contribution in [0.2, 0.25) is 0 Å². The van der Waals surface area contributed by atoms with E-state index in [4.69, 9.17) is 4.74 Å². The summed E-state index contributed by atoms with van der Waals surface area (Å²) in [6.07, 6.45) is -1.72. The van der Waals surface area contributed by atoms with Crippen LogP contribution in [0.5, 0.6) is 0 Å². The van der Waals surface area contributed by atoms with Crippen molar-refractivity contribution in [3.8, 4) is 0 Å². The van der Waals surface area contributed by atoms with Crippen LogP contribution in [0.3, 0.4) is 0 Å². The van der Waals surface area contributed by atoms with Gasteiger partial charge in [0.25, 0.3) is 0 Å². The Hall–Kier alpha value is -1.11. The van der Waals surface area contributed by atoms with Crippen molar-refractivity contribution in [2.24, 2.45) is 11.8 Å². The van der Waals surface area contributed by atoms with E-state index in [1.165, 1.54) is 20.3 Å². The van der Waals surface area contributed by atoms with E-state index in [1.54, 1.807) is 6.92 Å². The first kappa shape index (κ1) is 13.3. The molecule has 1 saturated carbocycles. The van der Waals surface area contributed by atoms with Gasteiger partial charge >= 0.3 is 5.97 Å². The van der Waals surface area contributed by atoms with Crippen molar-refractivity contribution in [1.29, 1.82) is 0 Å². The van der Waals surface area contributed by atoms with Crippen LogP contribution >= 0.6 is 0 Å². The van der Waals surface area contributed by atoms with Gasteiger partial charge in [0.2, 0.25) is 0 Å². The Balaban J connectivity index is 2.44. The van der Waals surface area contributed by atoms with Crippen LogP contribution in [0.15, 0.2) is 11.8 Å². The van der Waals surface area contributed by atoms with Crippen LogP contribution in [0.1, 0.15) is 13.8 Å². The van der Waals surface area contributed by atoms with Crippen LogP contribution in [0.4, 0.5) is 0 Å². The third-order valence-corrected chi connectivity index (χ3v) is 4.05. The number of hydrogen-bond donors (Lipinski definition) is 3. The second-order valence-electron chi connectivity index (χ2n) is 5.12. The third-order valence-electron chi connectivity index (χ3n) is 4.05. The van der Waals surface area contributed by atoms with Gasteiger partial charge < -0.3 is 24.8 Å². The summed E-state index contributed by atoms with van der Waals surface area (Å²) in [7, 11) is 1.23. The molecular formula is C12H18O6. The first-order chi connectivity index (χ1) is 8.32. The highest BCUT2D eigenvalue weighted by Gasteiger charge is 2.62. The number of rotatable bonds is 1. The second-order valence-corrected chi connectivity index (χ2v) is 5.12. The Kier molecular flexibility index (Phi) is 3.12. The fourth-order valence-corrected chi connectivity index (χ4v) is 3.11. The number of ether oxygens (including phenoxy) is 2. The number of esters is 1. The Morgan fingerprint density at radius 3 is 2.67 bits per heavy atom. The van der Waals surface area contributed by atoms with Crippen LogP contribution in [-0.4, -0.2) is 52.3 Å². The van der Waals surface area contributed by atoms with Crippen molar-refractivity contribution in [1.82, 2.24) is 0 Å². The summed E-state index contributed by atoms with van der Waals surface area (Å²) in [5.74, 6) is -1.88. The molecule has 0 unspecified atom stereocenters. The van der Waals surface area contributed by atoms with Crippen LogP contribution < -0.4 is 0 Å². The molecule has 6 heteroatoms. The Labute approximate surface area is 105 Å². The molecule has 0 saturated heterocycles. The molecule has 3 N–H and O–H groups in total. The molecule has 1 fully saturated rings. The number of carbonyl (C=O) groups excluding carboxylic acids is 1. The van der Waals surface area contributed by atoms with Crippen molar-refractivity contribution in [2.45, 2.75) is 37.8 Å². The van der Waals surface area contributed by atoms with E-state index < -0.39 is 41.7 Å². The standard InChI is InChI=1S/C12H18O6/c1-5-8-7(6(4-18-5)11(15)17-3)9(13)10(14)12(8,2)16/h4-5,7-10,13-14,16H,1-3H3/t5-,7+,8-,9-,10-,12+/m0/s1. The number of carbonyl (C=O) groups is 1. The number of aliphatic hydroxyl groups excluding tert-OH is 2. The van der Waals surface area contributed by atoms with E-state index in [1.807, 2.05) is 0 Å². The van der Waals surface area contributed by atoms with Gasteiger partial charge in [-0.15, -0.1) is 0 Å². The van der Waals surface area contributed by atoms with E-state index in [0.29, 0.717) is 0 Å². The molecule has 1 aliphatic heterocycles. The molecule has 102 valence electrons. The number of hydrogen-bond acceptors (Lipinski definition) is 6. The number of methoxy groups -OCH3 is 1. The summed E-state index contributed by atoms with van der Waals surface area (Å²) in [6, 6.07) is 0. The average Bonchev–Trinajstić information content (AvgIpc) is 2.51. The van der Waals surface area contributed by atoms with Crippen molar-refractivity contribution in [3.63, 3.8) is 0 Å². The lowest BCUT2D eigenvalue weighted by Gasteiger charge is -2.37. The van der Waals surface area contributed by atoms with Crippen LogP contribution in [0.25, 0.3) is 0 Å². The minimum absolute atomic E-state index is 0.143. The zero-order valence-electron chi connectivity index (χ0n) is 10.5. The van der Waals surface area contributed by atoms with Gasteiger partial charge in [-0.25, -0.2) is 4.79 Å². The maximum Gasteiger partial charge on any atom is 0.337 e. The SMILES string of the molecule is COC(=O)C1=CO[C@@H](C)[C@H]2[C@@H]1[C@H](O)[C@H](O)[C@]2(C)O. The molecule has 0 amide bonds. The normalized spacial score (nSPS) is 47.0. The topological polar surface area (TPSA) is 96.2 Å². The lowest BCUT2D eigenvalue weighted by molar-refractivity contribution is -0.139. The molecule has 0 aromatic heterocycles. The summed E-state index contributed by atoms with van der Waals surface area (Å²) in [5, 5.41) is 30.3. The largest absolute Gasteiger partial charge is 0.497 e. The zero-order chi connectivity index (χ0) is 13.7. The molecule has 6 atom stereocenters. The molecule has 1 aliphatic carbocycles. The number of aliphatic hydroxyl groups is 3. The highest BCUT2D eigenvalue weighted by Crippen LogP contribution is 2.48. The van der Waals surface area contributed by atoms with Crippen LogP contribution in [0, 0.1) is 11.8 Å². The fourth-order valence-electron chi connectivity index (χ4n) is 3.11. The molecule has 2 rings (SSSR count). The lowest BCUT2D eigenvalue weighted by Crippen LogP contribution is -2.47. The average molecular weight is 258 g/mol. The minimum atomic E-state index is -1.52. The Bertz CT molecular complexity index is 388. The van der Waals surface area contributed by atoms with Gasteiger partial charge in [-0.2, -0.15) is 0 Å². The summed E-state index contributed by atoms with van der Waals surface area (Å²) < 4.78 is 9.94. The first-order valence-electron chi connectivity index (χ1n) is 5.84. The van der Waals surface area contributed by atoms with Crippen molar-refractivity contribution >= 4 is 5.97 Å². The maximum atomic E-state index is 11.6. The molecule has 0 radical (unpaired) electrons. The van der Waals surface area contributed by atoms with Gasteiger partial charge in [-0.3, -0.25) is 0 Å². The maximum absolute atomic E-state index is 11.6. The van der Waals surface area contributed by atoms with E-state index >= 15 is 0 Å². The summed E-state index contributed by atoms with van der Waals surface area (Å²) >= 11 is 0. The zero-order valence-corrected chi connectivity index (χ0v) is 10.5. The van der Waals surface area contributed by atoms with Gasteiger partial charge in [0.15, 0.2) is 0 Å². The predicted octanol–water partition coefficient (Wildman–Crippen LogP) is -0.819. The third kappa shape index (κ3) is 1.64. The molecule has 0 aromatic carbocycles. The smallest absolute Gasteiger partial charge is 0.337 e. The van der Waals surface area contributed by atoms with Crippen molar-refractivity contribution < 1.29 is 29.6 Å². The van der Waals surface area contributed by atoms with E-state index in [0.717, 1.165) is 0 Å². The van der Waals surface area contributed by atoms with E-state index in [2.05, 4.69) is 4.74 Å². The quantitative estimate of drug-likeness (QED) is 0.532. The minimum Gasteiger partial charge on any atom is -0.497 e. The summed E-state index contributed by atoms with van der Waals surface area (Å²) in [4.78, 5) is 11.6. The van der Waals surface area contributed by atoms with E-state index in [-0.39, 0.29) is 5.57 Å². The Morgan fingerprint density at radius 1 is 1.50 bits per heavy atom. The lowest BCUT2D eigenvalue weighted by atomic mass is 9.78.